The van der Waals surface area contributed by atoms with Gasteiger partial charge in [-0.3, -0.25) is 9.97 Å². The number of benzene rings is 1. The Kier molecular flexibility index (Phi) is 5.64. The molecule has 35 heavy (non-hydrogen) atoms. The van der Waals surface area contributed by atoms with Crippen LogP contribution in [0, 0.1) is 19.7 Å². The van der Waals surface area contributed by atoms with Gasteiger partial charge in [-0.05, 0) is 56.2 Å². The maximum absolute atomic E-state index is 14.6. The zero-order chi connectivity index (χ0) is 24.7. The number of hydrogen-bond acceptors (Lipinski definition) is 5. The summed E-state index contributed by atoms with van der Waals surface area (Å²) < 4.78 is 22.1. The zero-order valence-corrected chi connectivity index (χ0v) is 19.5. The van der Waals surface area contributed by atoms with E-state index in [0.717, 1.165) is 34.5 Å². The van der Waals surface area contributed by atoms with Crippen LogP contribution < -0.4 is 0 Å². The van der Waals surface area contributed by atoms with Gasteiger partial charge in [0.05, 0.1) is 34.0 Å². The van der Waals surface area contributed by atoms with Gasteiger partial charge in [0.15, 0.2) is 0 Å². The van der Waals surface area contributed by atoms with Crippen molar-refractivity contribution in [3.05, 3.63) is 89.6 Å². The smallest absolute Gasteiger partial charge is 0.338 e. The molecule has 8 heteroatoms. The number of aromatic carboxylic acids is 1. The summed E-state index contributed by atoms with van der Waals surface area (Å²) in [6, 6.07) is 11.9. The third kappa shape index (κ3) is 3.86. The van der Waals surface area contributed by atoms with E-state index in [-0.39, 0.29) is 11.6 Å². The Hall–Kier alpha value is -4.33. The number of rotatable bonds is 6. The third-order valence-electron chi connectivity index (χ3n) is 6.25. The first kappa shape index (κ1) is 22.5. The van der Waals surface area contributed by atoms with Crippen molar-refractivity contribution in [2.75, 3.05) is 0 Å². The fourth-order valence-corrected chi connectivity index (χ4v) is 4.61. The normalized spacial score (nSPS) is 12.2. The molecule has 7 nitrogen and oxygen atoms in total. The number of fused-ring (bicyclic) bond motifs is 1. The fraction of sp³-hybridized carbons (Fsp3) is 0.185. The van der Waals surface area contributed by atoms with Crippen molar-refractivity contribution >= 4 is 17.0 Å². The second kappa shape index (κ2) is 8.79. The van der Waals surface area contributed by atoms with Gasteiger partial charge in [0, 0.05) is 35.3 Å². The van der Waals surface area contributed by atoms with Gasteiger partial charge in [-0.25, -0.2) is 9.18 Å². The molecule has 0 aliphatic heterocycles. The Morgan fingerprint density at radius 3 is 2.60 bits per heavy atom. The second-order valence-electron chi connectivity index (χ2n) is 8.42. The standard InChI is InChI=1S/C27H23FN4O3/c1-4-23(22-7-5-6-10-29-22)32-14-20(17-8-9-19(27(33)34)21(28)11-17)26-24(32)12-18(13-30-26)25-15(2)31-35-16(25)3/h5-14,23H,4H2,1-3H3,(H,33,34)/t23-/m0/s1. The van der Waals surface area contributed by atoms with Gasteiger partial charge >= 0.3 is 5.97 Å². The summed E-state index contributed by atoms with van der Waals surface area (Å²) >= 11 is 0. The largest absolute Gasteiger partial charge is 0.478 e. The number of carbonyl (C=O) groups is 1. The molecule has 1 N–H and O–H groups in total. The number of nitrogens with zero attached hydrogens (tertiary/aromatic N) is 4. The van der Waals surface area contributed by atoms with E-state index in [4.69, 9.17) is 9.51 Å². The number of halogens is 1. The maximum Gasteiger partial charge on any atom is 0.338 e. The summed E-state index contributed by atoms with van der Waals surface area (Å²) in [6.07, 6.45) is 6.22. The summed E-state index contributed by atoms with van der Waals surface area (Å²) in [7, 11) is 0. The third-order valence-corrected chi connectivity index (χ3v) is 6.25. The average Bonchev–Trinajstić information content (AvgIpc) is 3.39. The molecule has 1 atom stereocenters. The highest BCUT2D eigenvalue weighted by Crippen LogP contribution is 2.37. The first-order valence-corrected chi connectivity index (χ1v) is 11.3. The lowest BCUT2D eigenvalue weighted by molar-refractivity contribution is 0.0692. The van der Waals surface area contributed by atoms with Crippen LogP contribution in [0.25, 0.3) is 33.3 Å². The van der Waals surface area contributed by atoms with Crippen molar-refractivity contribution in [1.82, 2.24) is 19.7 Å². The van der Waals surface area contributed by atoms with E-state index in [0.29, 0.717) is 22.4 Å². The van der Waals surface area contributed by atoms with Crippen LogP contribution in [-0.4, -0.2) is 30.8 Å². The number of aromatic nitrogens is 4. The Morgan fingerprint density at radius 1 is 1.14 bits per heavy atom. The Bertz CT molecular complexity index is 1540. The molecule has 0 amide bonds. The number of hydrogen-bond donors (Lipinski definition) is 1. The molecule has 0 aliphatic carbocycles. The van der Waals surface area contributed by atoms with Crippen molar-refractivity contribution in [3.8, 4) is 22.3 Å². The minimum atomic E-state index is -1.31. The first-order chi connectivity index (χ1) is 16.9. The fourth-order valence-electron chi connectivity index (χ4n) is 4.61. The summed E-state index contributed by atoms with van der Waals surface area (Å²) in [4.78, 5) is 20.6. The van der Waals surface area contributed by atoms with Gasteiger partial charge in [-0.2, -0.15) is 0 Å². The highest BCUT2D eigenvalue weighted by atomic mass is 19.1. The van der Waals surface area contributed by atoms with Crippen LogP contribution in [0.5, 0.6) is 0 Å². The summed E-state index contributed by atoms with van der Waals surface area (Å²) in [5.41, 5.74) is 5.82. The lowest BCUT2D eigenvalue weighted by Crippen LogP contribution is -2.10. The van der Waals surface area contributed by atoms with Gasteiger partial charge in [0.2, 0.25) is 0 Å². The van der Waals surface area contributed by atoms with E-state index in [1.165, 1.54) is 12.1 Å². The molecule has 1 aromatic carbocycles. The number of carboxylic acids is 1. The summed E-state index contributed by atoms with van der Waals surface area (Å²) in [5.74, 6) is -1.40. The predicted molar refractivity (Wildman–Crippen MR) is 130 cm³/mol. The van der Waals surface area contributed by atoms with E-state index < -0.39 is 11.8 Å². The van der Waals surface area contributed by atoms with E-state index in [9.17, 15) is 14.3 Å². The first-order valence-electron chi connectivity index (χ1n) is 11.3. The second-order valence-corrected chi connectivity index (χ2v) is 8.42. The van der Waals surface area contributed by atoms with Gasteiger partial charge in [0.25, 0.3) is 0 Å². The van der Waals surface area contributed by atoms with Crippen molar-refractivity contribution in [2.45, 2.75) is 33.2 Å². The minimum absolute atomic E-state index is 0.0858. The number of pyridine rings is 2. The lowest BCUT2D eigenvalue weighted by atomic mass is 10.0. The molecule has 0 saturated heterocycles. The number of carboxylic acid groups (broad SMARTS) is 1. The molecule has 0 spiro atoms. The van der Waals surface area contributed by atoms with Crippen molar-refractivity contribution in [3.63, 3.8) is 0 Å². The molecular weight excluding hydrogens is 447 g/mol. The van der Waals surface area contributed by atoms with Crippen LogP contribution in [0.4, 0.5) is 4.39 Å². The molecular formula is C27H23FN4O3. The van der Waals surface area contributed by atoms with Crippen LogP contribution in [0.1, 0.15) is 46.9 Å². The number of aryl methyl sites for hydroxylation is 2. The monoisotopic (exact) mass is 470 g/mol. The Morgan fingerprint density at radius 2 is 1.97 bits per heavy atom. The highest BCUT2D eigenvalue weighted by Gasteiger charge is 2.22. The van der Waals surface area contributed by atoms with E-state index in [1.54, 1.807) is 18.5 Å². The molecule has 176 valence electrons. The molecule has 4 aromatic heterocycles. The van der Waals surface area contributed by atoms with Crippen LogP contribution in [0.15, 0.2) is 65.6 Å². The van der Waals surface area contributed by atoms with Crippen molar-refractivity contribution in [2.24, 2.45) is 0 Å². The molecule has 5 aromatic rings. The molecule has 0 fully saturated rings. The topological polar surface area (TPSA) is 94.0 Å². The van der Waals surface area contributed by atoms with Gasteiger partial charge in [0.1, 0.15) is 11.6 Å². The van der Waals surface area contributed by atoms with Gasteiger partial charge in [-0.15, -0.1) is 0 Å². The average molecular weight is 471 g/mol. The lowest BCUT2D eigenvalue weighted by Gasteiger charge is -2.18. The molecule has 4 heterocycles. The van der Waals surface area contributed by atoms with E-state index in [2.05, 4.69) is 21.6 Å². The van der Waals surface area contributed by atoms with Crippen LogP contribution in [0.2, 0.25) is 0 Å². The molecule has 0 aliphatic rings. The molecule has 0 saturated carbocycles. The van der Waals surface area contributed by atoms with Gasteiger partial charge in [-0.1, -0.05) is 24.2 Å². The molecule has 5 rings (SSSR count). The van der Waals surface area contributed by atoms with E-state index >= 15 is 0 Å². The van der Waals surface area contributed by atoms with Crippen LogP contribution in [-0.2, 0) is 0 Å². The quantitative estimate of drug-likeness (QED) is 0.317. The van der Waals surface area contributed by atoms with Gasteiger partial charge < -0.3 is 14.2 Å². The highest BCUT2D eigenvalue weighted by molar-refractivity contribution is 5.96. The van der Waals surface area contributed by atoms with Crippen LogP contribution in [0.3, 0.4) is 0 Å². The van der Waals surface area contributed by atoms with Crippen molar-refractivity contribution in [1.29, 1.82) is 0 Å². The molecule has 0 unspecified atom stereocenters. The maximum atomic E-state index is 14.6. The van der Waals surface area contributed by atoms with Crippen LogP contribution >= 0.6 is 0 Å². The summed E-state index contributed by atoms with van der Waals surface area (Å²) in [6.45, 7) is 5.83. The Labute approximate surface area is 200 Å². The minimum Gasteiger partial charge on any atom is -0.478 e. The summed E-state index contributed by atoms with van der Waals surface area (Å²) in [5, 5.41) is 13.3. The SMILES string of the molecule is CC[C@@H](c1ccccn1)n1cc(-c2ccc(C(=O)O)c(F)c2)c2ncc(-c3c(C)noc3C)cc21. The van der Waals surface area contributed by atoms with E-state index in [1.807, 2.05) is 44.3 Å². The predicted octanol–water partition coefficient (Wildman–Crippen LogP) is 6.21. The van der Waals surface area contributed by atoms with Crippen molar-refractivity contribution < 1.29 is 18.8 Å². The Balaban J connectivity index is 1.76. The molecule has 0 radical (unpaired) electrons. The zero-order valence-electron chi connectivity index (χ0n) is 19.5. The molecule has 0 bridgehead atoms.